The molecule has 0 unspecified atom stereocenters. The lowest BCUT2D eigenvalue weighted by Gasteiger charge is -2.23. The summed E-state index contributed by atoms with van der Waals surface area (Å²) in [4.78, 5) is 28.3. The molecule has 0 radical (unpaired) electrons. The first kappa shape index (κ1) is 25.1. The SMILES string of the molecule is C=CCNC(=O)N(CCc1ccccc1)c1ccc(Sc2ccc(OC(=O)CCC)cc2)cc1. The Morgan fingerprint density at radius 3 is 2.24 bits per heavy atom. The molecule has 0 atom stereocenters. The van der Waals surface area contributed by atoms with Crippen LogP contribution in [0, 0.1) is 0 Å². The molecular formula is C28H30N2O3S. The molecule has 34 heavy (non-hydrogen) atoms. The van der Waals surface area contributed by atoms with Crippen molar-refractivity contribution in [1.29, 1.82) is 0 Å². The second kappa shape index (κ2) is 13.3. The van der Waals surface area contributed by atoms with E-state index in [9.17, 15) is 9.59 Å². The van der Waals surface area contributed by atoms with Crippen LogP contribution in [-0.2, 0) is 11.2 Å². The van der Waals surface area contributed by atoms with E-state index in [2.05, 4.69) is 24.0 Å². The van der Waals surface area contributed by atoms with Crippen molar-refractivity contribution >= 4 is 29.4 Å². The molecule has 0 fully saturated rings. The molecule has 6 heteroatoms. The summed E-state index contributed by atoms with van der Waals surface area (Å²) in [6.45, 7) is 6.61. The van der Waals surface area contributed by atoms with Gasteiger partial charge in [0.25, 0.3) is 0 Å². The number of hydrogen-bond acceptors (Lipinski definition) is 4. The number of nitrogens with one attached hydrogen (secondary N) is 1. The Kier molecular flexibility index (Phi) is 9.80. The first-order valence-corrected chi connectivity index (χ1v) is 12.2. The Morgan fingerprint density at radius 2 is 1.62 bits per heavy atom. The molecule has 0 aliphatic carbocycles. The van der Waals surface area contributed by atoms with Crippen LogP contribution in [0.15, 0.2) is 101 Å². The lowest BCUT2D eigenvalue weighted by molar-refractivity contribution is -0.134. The van der Waals surface area contributed by atoms with E-state index < -0.39 is 0 Å². The smallest absolute Gasteiger partial charge is 0.322 e. The predicted octanol–water partition coefficient (Wildman–Crippen LogP) is 6.49. The summed E-state index contributed by atoms with van der Waals surface area (Å²) >= 11 is 1.61. The van der Waals surface area contributed by atoms with Crippen LogP contribution < -0.4 is 15.0 Å². The number of esters is 1. The number of anilines is 1. The van der Waals surface area contributed by atoms with Gasteiger partial charge in [-0.15, -0.1) is 6.58 Å². The van der Waals surface area contributed by atoms with Gasteiger partial charge in [0.15, 0.2) is 0 Å². The van der Waals surface area contributed by atoms with E-state index in [0.717, 1.165) is 28.3 Å². The van der Waals surface area contributed by atoms with Gasteiger partial charge in [-0.25, -0.2) is 4.79 Å². The second-order valence-corrected chi connectivity index (χ2v) is 8.80. The number of benzene rings is 3. The fourth-order valence-corrected chi connectivity index (χ4v) is 4.10. The van der Waals surface area contributed by atoms with E-state index in [1.807, 2.05) is 61.5 Å². The van der Waals surface area contributed by atoms with Gasteiger partial charge >= 0.3 is 12.0 Å². The molecule has 0 heterocycles. The average molecular weight is 475 g/mol. The third-order valence-corrected chi connectivity index (χ3v) is 6.02. The molecule has 3 aromatic rings. The van der Waals surface area contributed by atoms with E-state index in [-0.39, 0.29) is 12.0 Å². The first-order chi connectivity index (χ1) is 16.6. The second-order valence-electron chi connectivity index (χ2n) is 7.65. The fraction of sp³-hybridized carbons (Fsp3) is 0.214. The van der Waals surface area contributed by atoms with Crippen molar-refractivity contribution in [2.45, 2.75) is 36.0 Å². The Bertz CT molecular complexity index is 1070. The minimum Gasteiger partial charge on any atom is -0.427 e. The lowest BCUT2D eigenvalue weighted by Crippen LogP contribution is -2.41. The van der Waals surface area contributed by atoms with Crippen LogP contribution in [0.1, 0.15) is 25.3 Å². The Morgan fingerprint density at radius 1 is 0.971 bits per heavy atom. The average Bonchev–Trinajstić information content (AvgIpc) is 2.86. The molecule has 0 saturated carbocycles. The molecule has 0 saturated heterocycles. The van der Waals surface area contributed by atoms with Gasteiger partial charge in [0.05, 0.1) is 0 Å². The van der Waals surface area contributed by atoms with Crippen molar-refractivity contribution < 1.29 is 14.3 Å². The number of carbonyl (C=O) groups excluding carboxylic acids is 2. The molecule has 3 rings (SSSR count). The summed E-state index contributed by atoms with van der Waals surface area (Å²) in [7, 11) is 0. The zero-order chi connectivity index (χ0) is 24.2. The molecule has 0 aromatic heterocycles. The zero-order valence-corrected chi connectivity index (χ0v) is 20.2. The van der Waals surface area contributed by atoms with Gasteiger partial charge in [-0.05, 0) is 66.9 Å². The van der Waals surface area contributed by atoms with E-state index >= 15 is 0 Å². The van der Waals surface area contributed by atoms with Gasteiger partial charge in [0.2, 0.25) is 0 Å². The molecule has 0 bridgehead atoms. The zero-order valence-electron chi connectivity index (χ0n) is 19.4. The molecule has 0 aliphatic rings. The lowest BCUT2D eigenvalue weighted by atomic mass is 10.1. The largest absolute Gasteiger partial charge is 0.427 e. The number of nitrogens with zero attached hydrogens (tertiary/aromatic N) is 1. The van der Waals surface area contributed by atoms with Gasteiger partial charge in [0.1, 0.15) is 5.75 Å². The van der Waals surface area contributed by atoms with Crippen LogP contribution in [0.4, 0.5) is 10.5 Å². The van der Waals surface area contributed by atoms with Gasteiger partial charge in [-0.3, -0.25) is 9.69 Å². The molecular weight excluding hydrogens is 444 g/mol. The summed E-state index contributed by atoms with van der Waals surface area (Å²) in [5, 5.41) is 2.88. The topological polar surface area (TPSA) is 58.6 Å². The van der Waals surface area contributed by atoms with Crippen LogP contribution >= 0.6 is 11.8 Å². The molecule has 0 aliphatic heterocycles. The summed E-state index contributed by atoms with van der Waals surface area (Å²) in [6, 6.07) is 25.4. The minimum absolute atomic E-state index is 0.149. The van der Waals surface area contributed by atoms with Crippen molar-refractivity contribution in [2.75, 3.05) is 18.0 Å². The van der Waals surface area contributed by atoms with Crippen LogP contribution in [-0.4, -0.2) is 25.1 Å². The maximum atomic E-state index is 12.8. The number of rotatable bonds is 11. The van der Waals surface area contributed by atoms with E-state index in [0.29, 0.717) is 25.3 Å². The van der Waals surface area contributed by atoms with Crippen LogP contribution in [0.25, 0.3) is 0 Å². The summed E-state index contributed by atoms with van der Waals surface area (Å²) < 4.78 is 5.31. The molecule has 5 nitrogen and oxygen atoms in total. The standard InChI is InChI=1S/C28H30N2O3S/c1-3-8-27(31)33-24-13-17-26(18-14-24)34-25-15-11-23(12-16-25)30(28(32)29-20-4-2)21-19-22-9-6-5-7-10-22/h4-7,9-18H,2-3,8,19-21H2,1H3,(H,29,32). The summed E-state index contributed by atoms with van der Waals surface area (Å²) in [5.41, 5.74) is 2.01. The maximum Gasteiger partial charge on any atom is 0.322 e. The van der Waals surface area contributed by atoms with Crippen LogP contribution in [0.3, 0.4) is 0 Å². The van der Waals surface area contributed by atoms with Gasteiger partial charge in [-0.2, -0.15) is 0 Å². The quantitative estimate of drug-likeness (QED) is 0.196. The summed E-state index contributed by atoms with van der Waals surface area (Å²) in [5.74, 6) is 0.338. The molecule has 3 aromatic carbocycles. The molecule has 2 amide bonds. The Labute approximate surface area is 205 Å². The van der Waals surface area contributed by atoms with Crippen molar-refractivity contribution in [3.8, 4) is 5.75 Å². The third-order valence-electron chi connectivity index (χ3n) is 5.00. The van der Waals surface area contributed by atoms with E-state index in [1.54, 1.807) is 34.9 Å². The predicted molar refractivity (Wildman–Crippen MR) is 139 cm³/mol. The highest BCUT2D eigenvalue weighted by molar-refractivity contribution is 7.99. The number of urea groups is 1. The highest BCUT2D eigenvalue weighted by Gasteiger charge is 2.15. The van der Waals surface area contributed by atoms with Crippen LogP contribution in [0.5, 0.6) is 5.75 Å². The Hall–Kier alpha value is -3.51. The fourth-order valence-electron chi connectivity index (χ4n) is 3.28. The molecule has 1 N–H and O–H groups in total. The van der Waals surface area contributed by atoms with Crippen molar-refractivity contribution in [3.63, 3.8) is 0 Å². The van der Waals surface area contributed by atoms with Gasteiger partial charge < -0.3 is 10.1 Å². The van der Waals surface area contributed by atoms with Crippen molar-refractivity contribution in [2.24, 2.45) is 0 Å². The number of carbonyl (C=O) groups is 2. The highest BCUT2D eigenvalue weighted by atomic mass is 32.2. The first-order valence-electron chi connectivity index (χ1n) is 11.4. The molecule has 176 valence electrons. The number of amides is 2. The summed E-state index contributed by atoms with van der Waals surface area (Å²) in [6.07, 6.45) is 3.61. The van der Waals surface area contributed by atoms with Gasteiger partial charge in [-0.1, -0.05) is 55.1 Å². The number of ether oxygens (including phenoxy) is 1. The van der Waals surface area contributed by atoms with Gasteiger partial charge in [0, 0.05) is 35.0 Å². The number of hydrogen-bond donors (Lipinski definition) is 1. The van der Waals surface area contributed by atoms with E-state index in [4.69, 9.17) is 4.74 Å². The van der Waals surface area contributed by atoms with Crippen molar-refractivity contribution in [3.05, 3.63) is 97.1 Å². The Balaban J connectivity index is 1.65. The maximum absolute atomic E-state index is 12.8. The van der Waals surface area contributed by atoms with E-state index in [1.165, 1.54) is 5.56 Å². The van der Waals surface area contributed by atoms with Crippen molar-refractivity contribution in [1.82, 2.24) is 5.32 Å². The minimum atomic E-state index is -0.215. The monoisotopic (exact) mass is 474 g/mol. The van der Waals surface area contributed by atoms with Crippen LogP contribution in [0.2, 0.25) is 0 Å². The third kappa shape index (κ3) is 7.81. The molecule has 0 spiro atoms. The highest BCUT2D eigenvalue weighted by Crippen LogP contribution is 2.30. The normalized spacial score (nSPS) is 10.4.